The van der Waals surface area contributed by atoms with Gasteiger partial charge in [-0.25, -0.2) is 0 Å². The van der Waals surface area contributed by atoms with Crippen molar-refractivity contribution in [3.05, 3.63) is 22.2 Å². The Morgan fingerprint density at radius 1 is 1.15 bits per heavy atom. The number of ether oxygens (including phenoxy) is 3. The fourth-order valence-corrected chi connectivity index (χ4v) is 2.94. The Kier molecular flexibility index (Phi) is 5.29. The lowest BCUT2D eigenvalue weighted by Gasteiger charge is -2.40. The van der Waals surface area contributed by atoms with Crippen molar-refractivity contribution >= 4 is 15.9 Å². The van der Waals surface area contributed by atoms with Crippen LogP contribution in [0, 0.1) is 0 Å². The van der Waals surface area contributed by atoms with Gasteiger partial charge < -0.3 is 19.5 Å². The third kappa shape index (κ3) is 3.27. The van der Waals surface area contributed by atoms with Crippen LogP contribution in [0.4, 0.5) is 0 Å². The maximum absolute atomic E-state index is 5.60. The second kappa shape index (κ2) is 6.78. The van der Waals surface area contributed by atoms with Crippen molar-refractivity contribution in [1.82, 2.24) is 5.32 Å². The molecule has 1 aromatic carbocycles. The van der Waals surface area contributed by atoms with Crippen LogP contribution in [-0.2, 0) is 11.3 Å². The summed E-state index contributed by atoms with van der Waals surface area (Å²) in [6.07, 6.45) is 3.54. The van der Waals surface area contributed by atoms with Crippen LogP contribution >= 0.6 is 15.9 Å². The molecule has 1 aliphatic carbocycles. The number of rotatable bonds is 7. The van der Waals surface area contributed by atoms with Crippen molar-refractivity contribution in [2.75, 3.05) is 27.9 Å². The molecular formula is C15H22BrNO3. The molecule has 112 valence electrons. The second-order valence-electron chi connectivity index (χ2n) is 5.14. The Hall–Kier alpha value is -0.780. The molecule has 0 aromatic heterocycles. The molecule has 1 aliphatic rings. The van der Waals surface area contributed by atoms with Crippen LogP contribution in [0.15, 0.2) is 16.6 Å². The van der Waals surface area contributed by atoms with Crippen molar-refractivity contribution in [3.8, 4) is 11.5 Å². The summed E-state index contributed by atoms with van der Waals surface area (Å²) in [5, 5.41) is 3.47. The first-order valence-corrected chi connectivity index (χ1v) is 7.60. The fraction of sp³-hybridized carbons (Fsp3) is 0.600. The highest BCUT2D eigenvalue weighted by Crippen LogP contribution is 2.35. The Labute approximate surface area is 128 Å². The highest BCUT2D eigenvalue weighted by atomic mass is 79.9. The molecule has 1 aromatic rings. The maximum Gasteiger partial charge on any atom is 0.161 e. The summed E-state index contributed by atoms with van der Waals surface area (Å²) in [4.78, 5) is 0. The number of hydrogen-bond acceptors (Lipinski definition) is 4. The standard InChI is InChI=1S/C15H22BrNO3/c1-18-13-7-11(12(16)8-14(13)19-2)9-17-10-15(20-3)5-4-6-15/h7-8,17H,4-6,9-10H2,1-3H3. The van der Waals surface area contributed by atoms with Crippen LogP contribution < -0.4 is 14.8 Å². The maximum atomic E-state index is 5.60. The lowest BCUT2D eigenvalue weighted by molar-refractivity contribution is -0.0695. The summed E-state index contributed by atoms with van der Waals surface area (Å²) in [7, 11) is 5.09. The van der Waals surface area contributed by atoms with E-state index in [2.05, 4.69) is 21.2 Å². The van der Waals surface area contributed by atoms with Gasteiger partial charge in [-0.05, 0) is 37.0 Å². The van der Waals surface area contributed by atoms with Gasteiger partial charge in [0.15, 0.2) is 11.5 Å². The van der Waals surface area contributed by atoms with Gasteiger partial charge in [-0.3, -0.25) is 0 Å². The van der Waals surface area contributed by atoms with E-state index in [0.717, 1.165) is 47.5 Å². The molecule has 0 radical (unpaired) electrons. The molecule has 20 heavy (non-hydrogen) atoms. The van der Waals surface area contributed by atoms with E-state index in [-0.39, 0.29) is 5.60 Å². The topological polar surface area (TPSA) is 39.7 Å². The number of halogens is 1. The highest BCUT2D eigenvalue weighted by Gasteiger charge is 2.36. The molecule has 0 spiro atoms. The van der Waals surface area contributed by atoms with E-state index < -0.39 is 0 Å². The monoisotopic (exact) mass is 343 g/mol. The summed E-state index contributed by atoms with van der Waals surface area (Å²) in [6.45, 7) is 1.65. The van der Waals surface area contributed by atoms with E-state index in [1.54, 1.807) is 21.3 Å². The van der Waals surface area contributed by atoms with E-state index in [9.17, 15) is 0 Å². The molecule has 5 heteroatoms. The molecule has 1 saturated carbocycles. The first kappa shape index (κ1) is 15.6. The summed E-state index contributed by atoms with van der Waals surface area (Å²) in [5.74, 6) is 1.48. The summed E-state index contributed by atoms with van der Waals surface area (Å²) in [6, 6.07) is 3.93. The molecule has 2 rings (SSSR count). The predicted molar refractivity (Wildman–Crippen MR) is 82.5 cm³/mol. The number of hydrogen-bond donors (Lipinski definition) is 1. The Bertz CT molecular complexity index is 455. The van der Waals surface area contributed by atoms with Crippen LogP contribution in [0.2, 0.25) is 0 Å². The first-order chi connectivity index (χ1) is 9.64. The van der Waals surface area contributed by atoms with E-state index in [1.807, 2.05) is 12.1 Å². The average molecular weight is 344 g/mol. The molecule has 1 N–H and O–H groups in total. The van der Waals surface area contributed by atoms with E-state index in [4.69, 9.17) is 14.2 Å². The molecule has 0 saturated heterocycles. The largest absolute Gasteiger partial charge is 0.493 e. The molecule has 0 aliphatic heterocycles. The molecule has 1 fully saturated rings. The van der Waals surface area contributed by atoms with Gasteiger partial charge in [-0.15, -0.1) is 0 Å². The molecule has 0 heterocycles. The molecule has 0 atom stereocenters. The summed E-state index contributed by atoms with van der Waals surface area (Å²) in [5.41, 5.74) is 1.19. The summed E-state index contributed by atoms with van der Waals surface area (Å²) >= 11 is 3.57. The van der Waals surface area contributed by atoms with E-state index >= 15 is 0 Å². The van der Waals surface area contributed by atoms with Crippen molar-refractivity contribution in [2.24, 2.45) is 0 Å². The fourth-order valence-electron chi connectivity index (χ4n) is 2.48. The van der Waals surface area contributed by atoms with Gasteiger partial charge in [-0.2, -0.15) is 0 Å². The van der Waals surface area contributed by atoms with Gasteiger partial charge in [0.1, 0.15) is 0 Å². The molecule has 0 amide bonds. The minimum atomic E-state index is 0.0447. The van der Waals surface area contributed by atoms with Crippen LogP contribution in [0.1, 0.15) is 24.8 Å². The zero-order valence-corrected chi connectivity index (χ0v) is 13.9. The average Bonchev–Trinajstić information content (AvgIpc) is 2.42. The van der Waals surface area contributed by atoms with Crippen LogP contribution in [0.25, 0.3) is 0 Å². The third-order valence-electron chi connectivity index (χ3n) is 4.01. The van der Waals surface area contributed by atoms with Gasteiger partial charge in [0, 0.05) is 24.7 Å². The van der Waals surface area contributed by atoms with Crippen molar-refractivity contribution < 1.29 is 14.2 Å². The van der Waals surface area contributed by atoms with E-state index in [0.29, 0.717) is 0 Å². The third-order valence-corrected chi connectivity index (χ3v) is 4.75. The van der Waals surface area contributed by atoms with Crippen LogP contribution in [0.5, 0.6) is 11.5 Å². The van der Waals surface area contributed by atoms with E-state index in [1.165, 1.54) is 6.42 Å². The number of benzene rings is 1. The van der Waals surface area contributed by atoms with Crippen molar-refractivity contribution in [1.29, 1.82) is 0 Å². The lowest BCUT2D eigenvalue weighted by atomic mass is 9.80. The van der Waals surface area contributed by atoms with Gasteiger partial charge in [0.25, 0.3) is 0 Å². The first-order valence-electron chi connectivity index (χ1n) is 6.80. The summed E-state index contributed by atoms with van der Waals surface area (Å²) < 4.78 is 17.2. The zero-order chi connectivity index (χ0) is 14.6. The second-order valence-corrected chi connectivity index (χ2v) is 6.00. The lowest BCUT2D eigenvalue weighted by Crippen LogP contribution is -2.47. The SMILES string of the molecule is COc1cc(Br)c(CNCC2(OC)CCC2)cc1OC. The van der Waals surface area contributed by atoms with Gasteiger partial charge in [-0.1, -0.05) is 15.9 Å². The quantitative estimate of drug-likeness (QED) is 0.825. The van der Waals surface area contributed by atoms with Crippen molar-refractivity contribution in [2.45, 2.75) is 31.4 Å². The molecule has 0 unspecified atom stereocenters. The normalized spacial score (nSPS) is 16.6. The zero-order valence-electron chi connectivity index (χ0n) is 12.3. The molecular weight excluding hydrogens is 322 g/mol. The van der Waals surface area contributed by atoms with Gasteiger partial charge in [0.2, 0.25) is 0 Å². The predicted octanol–water partition coefficient (Wildman–Crippen LogP) is 3.13. The van der Waals surface area contributed by atoms with Crippen molar-refractivity contribution in [3.63, 3.8) is 0 Å². The Balaban J connectivity index is 1.98. The number of nitrogens with one attached hydrogen (secondary N) is 1. The minimum Gasteiger partial charge on any atom is -0.493 e. The van der Waals surface area contributed by atoms with Gasteiger partial charge in [0.05, 0.1) is 19.8 Å². The molecule has 4 nitrogen and oxygen atoms in total. The van der Waals surface area contributed by atoms with Gasteiger partial charge >= 0.3 is 0 Å². The Morgan fingerprint density at radius 2 is 1.80 bits per heavy atom. The smallest absolute Gasteiger partial charge is 0.161 e. The Morgan fingerprint density at radius 3 is 2.30 bits per heavy atom. The highest BCUT2D eigenvalue weighted by molar-refractivity contribution is 9.10. The van der Waals surface area contributed by atoms with Crippen LogP contribution in [0.3, 0.4) is 0 Å². The minimum absolute atomic E-state index is 0.0447. The number of methoxy groups -OCH3 is 3. The van der Waals surface area contributed by atoms with Crippen LogP contribution in [-0.4, -0.2) is 33.5 Å². The molecule has 0 bridgehead atoms.